The van der Waals surface area contributed by atoms with Crippen LogP contribution in [0, 0.1) is 5.92 Å². The molecule has 0 amide bonds. The smallest absolute Gasteiger partial charge is 0.0692 e. The summed E-state index contributed by atoms with van der Waals surface area (Å²) in [5.74, 6) is 0.518. The summed E-state index contributed by atoms with van der Waals surface area (Å²) in [6.45, 7) is 2.98. The highest BCUT2D eigenvalue weighted by molar-refractivity contribution is 9.10. The van der Waals surface area contributed by atoms with E-state index in [1.165, 1.54) is 5.69 Å². The van der Waals surface area contributed by atoms with E-state index in [1.807, 2.05) is 25.0 Å². The monoisotopic (exact) mass is 289 g/mol. The van der Waals surface area contributed by atoms with Gasteiger partial charge in [0.2, 0.25) is 0 Å². The molecule has 2 atom stereocenters. The Hall–Kier alpha value is -0.390. The van der Waals surface area contributed by atoms with Crippen LogP contribution in [-0.2, 0) is 11.8 Å². The maximum Gasteiger partial charge on any atom is 0.0692 e. The quantitative estimate of drug-likeness (QED) is 0.872. The second-order valence-electron chi connectivity index (χ2n) is 4.14. The van der Waals surface area contributed by atoms with Gasteiger partial charge in [0.05, 0.1) is 22.4 Å². The zero-order chi connectivity index (χ0) is 12.1. The fourth-order valence-electron chi connectivity index (χ4n) is 1.93. The van der Waals surface area contributed by atoms with Crippen LogP contribution in [-0.4, -0.2) is 30.5 Å². The summed E-state index contributed by atoms with van der Waals surface area (Å²) in [5.41, 5.74) is 1.19. The highest BCUT2D eigenvalue weighted by atomic mass is 79.9. The van der Waals surface area contributed by atoms with Gasteiger partial charge in [-0.2, -0.15) is 5.10 Å². The summed E-state index contributed by atoms with van der Waals surface area (Å²) >= 11 is 3.53. The van der Waals surface area contributed by atoms with E-state index < -0.39 is 0 Å². The van der Waals surface area contributed by atoms with Crippen LogP contribution in [0.5, 0.6) is 0 Å². The Morgan fingerprint density at radius 1 is 1.62 bits per heavy atom. The van der Waals surface area contributed by atoms with Crippen LogP contribution >= 0.6 is 15.9 Å². The van der Waals surface area contributed by atoms with Crippen molar-refractivity contribution in [3.8, 4) is 0 Å². The molecule has 0 fully saturated rings. The van der Waals surface area contributed by atoms with Gasteiger partial charge >= 0.3 is 0 Å². The number of hydrogen-bond donors (Lipinski definition) is 1. The normalized spacial score (nSPS) is 15.1. The highest BCUT2D eigenvalue weighted by Gasteiger charge is 2.19. The zero-order valence-corrected chi connectivity index (χ0v) is 11.9. The van der Waals surface area contributed by atoms with E-state index in [0.717, 1.165) is 17.5 Å². The Morgan fingerprint density at radius 2 is 2.31 bits per heavy atom. The molecule has 0 aliphatic carbocycles. The van der Waals surface area contributed by atoms with Crippen molar-refractivity contribution in [3.63, 3.8) is 0 Å². The fraction of sp³-hybridized carbons (Fsp3) is 0.727. The summed E-state index contributed by atoms with van der Waals surface area (Å²) in [6.07, 6.45) is 2.86. The number of ether oxygens (including phenoxy) is 1. The minimum Gasteiger partial charge on any atom is -0.384 e. The summed E-state index contributed by atoms with van der Waals surface area (Å²) in [5, 5.41) is 7.57. The molecule has 5 heteroatoms. The fourth-order valence-corrected chi connectivity index (χ4v) is 2.56. The van der Waals surface area contributed by atoms with E-state index in [1.54, 1.807) is 7.11 Å². The molecule has 2 unspecified atom stereocenters. The molecule has 0 bridgehead atoms. The summed E-state index contributed by atoms with van der Waals surface area (Å²) in [7, 11) is 5.68. The number of aryl methyl sites for hydroxylation is 1. The first-order chi connectivity index (χ1) is 7.60. The third kappa shape index (κ3) is 3.30. The molecule has 92 valence electrons. The molecule has 1 aromatic heterocycles. The molecule has 0 aliphatic heterocycles. The molecule has 0 spiro atoms. The molecule has 0 saturated heterocycles. The first-order valence-electron chi connectivity index (χ1n) is 5.43. The zero-order valence-electron chi connectivity index (χ0n) is 10.3. The maximum absolute atomic E-state index is 5.16. The number of nitrogens with zero attached hydrogens (tertiary/aromatic N) is 2. The average molecular weight is 290 g/mol. The minimum atomic E-state index is 0.298. The third-order valence-electron chi connectivity index (χ3n) is 2.71. The molecular formula is C11H20BrN3O. The first kappa shape index (κ1) is 13.7. The van der Waals surface area contributed by atoms with Crippen molar-refractivity contribution in [3.05, 3.63) is 16.4 Å². The van der Waals surface area contributed by atoms with Crippen molar-refractivity contribution in [2.75, 3.05) is 20.8 Å². The largest absolute Gasteiger partial charge is 0.384 e. The van der Waals surface area contributed by atoms with Crippen LogP contribution < -0.4 is 5.32 Å². The van der Waals surface area contributed by atoms with Gasteiger partial charge in [-0.05, 0) is 35.3 Å². The molecule has 16 heavy (non-hydrogen) atoms. The molecule has 0 aromatic carbocycles. The lowest BCUT2D eigenvalue weighted by Gasteiger charge is -2.21. The lowest BCUT2D eigenvalue weighted by atomic mass is 10.0. The van der Waals surface area contributed by atoms with Crippen LogP contribution in [0.15, 0.2) is 10.7 Å². The standard InChI is InChI=1S/C11H20BrN3O/c1-8(7-16-4)5-10(13-2)11-9(12)6-14-15(11)3/h6,8,10,13H,5,7H2,1-4H3. The third-order valence-corrected chi connectivity index (χ3v) is 3.32. The van der Waals surface area contributed by atoms with E-state index in [4.69, 9.17) is 4.74 Å². The second-order valence-corrected chi connectivity index (χ2v) is 4.99. The van der Waals surface area contributed by atoms with Gasteiger partial charge in [-0.25, -0.2) is 0 Å². The maximum atomic E-state index is 5.16. The van der Waals surface area contributed by atoms with Crippen molar-refractivity contribution in [2.45, 2.75) is 19.4 Å². The van der Waals surface area contributed by atoms with E-state index in [2.05, 4.69) is 33.3 Å². The van der Waals surface area contributed by atoms with Crippen molar-refractivity contribution < 1.29 is 4.74 Å². The molecule has 1 heterocycles. The van der Waals surface area contributed by atoms with Gasteiger partial charge in [0.1, 0.15) is 0 Å². The molecule has 0 saturated carbocycles. The van der Waals surface area contributed by atoms with Gasteiger partial charge in [0.25, 0.3) is 0 Å². The van der Waals surface area contributed by atoms with E-state index in [0.29, 0.717) is 12.0 Å². The number of hydrogen-bond acceptors (Lipinski definition) is 3. The minimum absolute atomic E-state index is 0.298. The van der Waals surface area contributed by atoms with Gasteiger partial charge < -0.3 is 10.1 Å². The topological polar surface area (TPSA) is 39.1 Å². The number of aromatic nitrogens is 2. The molecule has 1 aromatic rings. The Labute approximate surface area is 105 Å². The van der Waals surface area contributed by atoms with Crippen LogP contribution in [0.25, 0.3) is 0 Å². The summed E-state index contributed by atoms with van der Waals surface area (Å²) < 4.78 is 8.13. The average Bonchev–Trinajstić information content (AvgIpc) is 2.56. The van der Waals surface area contributed by atoms with Crippen LogP contribution in [0.2, 0.25) is 0 Å². The number of halogens is 1. The molecule has 1 rings (SSSR count). The lowest BCUT2D eigenvalue weighted by molar-refractivity contribution is 0.149. The molecule has 1 N–H and O–H groups in total. The van der Waals surface area contributed by atoms with Crippen molar-refractivity contribution in [1.29, 1.82) is 0 Å². The Bertz CT molecular complexity index is 308. The molecule has 0 aliphatic rings. The molecule has 0 radical (unpaired) electrons. The van der Waals surface area contributed by atoms with E-state index >= 15 is 0 Å². The molecule has 4 nitrogen and oxygen atoms in total. The predicted molar refractivity (Wildman–Crippen MR) is 68.4 cm³/mol. The summed E-state index contributed by atoms with van der Waals surface area (Å²) in [4.78, 5) is 0. The predicted octanol–water partition coefficient (Wildman–Crippen LogP) is 2.12. The second kappa shape index (κ2) is 6.37. The summed E-state index contributed by atoms with van der Waals surface area (Å²) in [6, 6.07) is 0.298. The van der Waals surface area contributed by atoms with Crippen molar-refractivity contribution in [2.24, 2.45) is 13.0 Å². The Kier molecular flexibility index (Phi) is 5.44. The van der Waals surface area contributed by atoms with E-state index in [-0.39, 0.29) is 0 Å². The molecular weight excluding hydrogens is 270 g/mol. The van der Waals surface area contributed by atoms with Gasteiger partial charge in [0, 0.05) is 20.8 Å². The number of rotatable bonds is 6. The number of nitrogens with one attached hydrogen (secondary N) is 1. The van der Waals surface area contributed by atoms with Crippen LogP contribution in [0.3, 0.4) is 0 Å². The van der Waals surface area contributed by atoms with Gasteiger partial charge in [-0.15, -0.1) is 0 Å². The van der Waals surface area contributed by atoms with Crippen LogP contribution in [0.1, 0.15) is 25.1 Å². The Balaban J connectivity index is 2.74. The van der Waals surface area contributed by atoms with Crippen molar-refractivity contribution >= 4 is 15.9 Å². The van der Waals surface area contributed by atoms with Crippen molar-refractivity contribution in [1.82, 2.24) is 15.1 Å². The Morgan fingerprint density at radius 3 is 2.75 bits per heavy atom. The number of methoxy groups -OCH3 is 1. The van der Waals surface area contributed by atoms with E-state index in [9.17, 15) is 0 Å². The highest BCUT2D eigenvalue weighted by Crippen LogP contribution is 2.27. The lowest BCUT2D eigenvalue weighted by Crippen LogP contribution is -2.23. The van der Waals surface area contributed by atoms with Gasteiger partial charge in [-0.3, -0.25) is 4.68 Å². The van der Waals surface area contributed by atoms with Gasteiger partial charge in [0.15, 0.2) is 0 Å². The van der Waals surface area contributed by atoms with Crippen LogP contribution in [0.4, 0.5) is 0 Å². The SMILES string of the molecule is CNC(CC(C)COC)c1c(Br)cnn1C. The van der Waals surface area contributed by atoms with Gasteiger partial charge in [-0.1, -0.05) is 6.92 Å². The first-order valence-corrected chi connectivity index (χ1v) is 6.23.